The van der Waals surface area contributed by atoms with Crippen LogP contribution in [0.4, 0.5) is 11.5 Å². The van der Waals surface area contributed by atoms with Gasteiger partial charge < -0.3 is 29.7 Å². The Balaban J connectivity index is 2.02. The number of pyridine rings is 1. The molecule has 1 aromatic heterocycles. The maximum atomic E-state index is 12.6. The second-order valence-electron chi connectivity index (χ2n) is 6.38. The van der Waals surface area contributed by atoms with Crippen molar-refractivity contribution in [3.63, 3.8) is 0 Å². The van der Waals surface area contributed by atoms with E-state index in [2.05, 4.69) is 20.5 Å². The molecule has 0 aliphatic carbocycles. The van der Waals surface area contributed by atoms with Crippen molar-refractivity contribution in [1.82, 2.24) is 9.88 Å². The highest BCUT2D eigenvalue weighted by Gasteiger charge is 2.17. The van der Waals surface area contributed by atoms with E-state index < -0.39 is 0 Å². The third kappa shape index (κ3) is 5.75. The molecule has 0 saturated heterocycles. The molecule has 152 valence electrons. The van der Waals surface area contributed by atoms with Crippen LogP contribution in [0, 0.1) is 0 Å². The van der Waals surface area contributed by atoms with E-state index in [0.29, 0.717) is 28.5 Å². The van der Waals surface area contributed by atoms with Gasteiger partial charge in [0.05, 0.1) is 33.2 Å². The normalized spacial score (nSPS) is 10.5. The topological polar surface area (TPSA) is 85.0 Å². The Kier molecular flexibility index (Phi) is 7.88. The lowest BCUT2D eigenvalue weighted by Crippen LogP contribution is -2.16. The number of hydrogen-bond acceptors (Lipinski definition) is 7. The Morgan fingerprint density at radius 1 is 1.07 bits per heavy atom. The monoisotopic (exact) mass is 388 g/mol. The number of carbonyl (C=O) groups is 1. The van der Waals surface area contributed by atoms with Crippen LogP contribution in [-0.4, -0.2) is 64.3 Å². The Bertz CT molecular complexity index is 753. The molecule has 0 aliphatic rings. The Morgan fingerprint density at radius 3 is 2.25 bits per heavy atom. The van der Waals surface area contributed by atoms with Crippen LogP contribution < -0.4 is 24.8 Å². The minimum atomic E-state index is -0.298. The highest BCUT2D eigenvalue weighted by Crippen LogP contribution is 2.38. The van der Waals surface area contributed by atoms with Crippen LogP contribution in [0.5, 0.6) is 17.2 Å². The maximum Gasteiger partial charge on any atom is 0.255 e. The second kappa shape index (κ2) is 10.4. The SMILES string of the molecule is COc1cc(C(=O)Nc2ccc(NCCCN(C)C)nc2)cc(OC)c1OC. The van der Waals surface area contributed by atoms with E-state index in [4.69, 9.17) is 14.2 Å². The van der Waals surface area contributed by atoms with Gasteiger partial charge in [0.1, 0.15) is 5.82 Å². The van der Waals surface area contributed by atoms with Crippen molar-refractivity contribution in [2.24, 2.45) is 0 Å². The molecule has 0 fully saturated rings. The minimum Gasteiger partial charge on any atom is -0.493 e. The quantitative estimate of drug-likeness (QED) is 0.605. The number of rotatable bonds is 10. The van der Waals surface area contributed by atoms with Crippen molar-refractivity contribution >= 4 is 17.4 Å². The first-order valence-corrected chi connectivity index (χ1v) is 8.94. The van der Waals surface area contributed by atoms with Gasteiger partial charge in [-0.05, 0) is 51.3 Å². The average Bonchev–Trinajstić information content (AvgIpc) is 2.70. The summed E-state index contributed by atoms with van der Waals surface area (Å²) in [5, 5.41) is 6.08. The molecular weight excluding hydrogens is 360 g/mol. The smallest absolute Gasteiger partial charge is 0.255 e. The van der Waals surface area contributed by atoms with Crippen LogP contribution in [-0.2, 0) is 0 Å². The number of nitrogens with zero attached hydrogens (tertiary/aromatic N) is 2. The molecule has 2 rings (SSSR count). The van der Waals surface area contributed by atoms with Crippen LogP contribution in [0.3, 0.4) is 0 Å². The number of nitrogens with one attached hydrogen (secondary N) is 2. The van der Waals surface area contributed by atoms with Gasteiger partial charge in [-0.15, -0.1) is 0 Å². The van der Waals surface area contributed by atoms with E-state index in [1.54, 1.807) is 24.4 Å². The fourth-order valence-corrected chi connectivity index (χ4v) is 2.60. The van der Waals surface area contributed by atoms with Gasteiger partial charge in [-0.25, -0.2) is 4.98 Å². The number of aromatic nitrogens is 1. The van der Waals surface area contributed by atoms with Crippen LogP contribution in [0.1, 0.15) is 16.8 Å². The van der Waals surface area contributed by atoms with Crippen LogP contribution >= 0.6 is 0 Å². The van der Waals surface area contributed by atoms with Crippen molar-refractivity contribution in [3.05, 3.63) is 36.0 Å². The van der Waals surface area contributed by atoms with Crippen molar-refractivity contribution < 1.29 is 19.0 Å². The zero-order valence-corrected chi connectivity index (χ0v) is 17.0. The van der Waals surface area contributed by atoms with E-state index in [1.165, 1.54) is 21.3 Å². The summed E-state index contributed by atoms with van der Waals surface area (Å²) in [6.45, 7) is 1.85. The van der Waals surface area contributed by atoms with Gasteiger partial charge in [0.15, 0.2) is 11.5 Å². The molecule has 2 aromatic rings. The van der Waals surface area contributed by atoms with Crippen molar-refractivity contribution in [2.45, 2.75) is 6.42 Å². The Morgan fingerprint density at radius 2 is 1.75 bits per heavy atom. The molecule has 2 N–H and O–H groups in total. The molecule has 1 aromatic carbocycles. The van der Waals surface area contributed by atoms with E-state index in [1.807, 2.05) is 20.2 Å². The fraction of sp³-hybridized carbons (Fsp3) is 0.400. The Hall–Kier alpha value is -3.00. The van der Waals surface area contributed by atoms with Crippen LogP contribution in [0.15, 0.2) is 30.5 Å². The summed E-state index contributed by atoms with van der Waals surface area (Å²) in [6.07, 6.45) is 2.64. The van der Waals surface area contributed by atoms with Gasteiger partial charge in [-0.3, -0.25) is 4.79 Å². The number of benzene rings is 1. The molecule has 0 aliphatic heterocycles. The molecule has 1 heterocycles. The first-order valence-electron chi connectivity index (χ1n) is 8.94. The number of carbonyl (C=O) groups excluding carboxylic acids is 1. The summed E-state index contributed by atoms with van der Waals surface area (Å²) in [4.78, 5) is 19.1. The number of hydrogen-bond donors (Lipinski definition) is 2. The number of ether oxygens (including phenoxy) is 3. The van der Waals surface area contributed by atoms with Gasteiger partial charge in [0.2, 0.25) is 5.75 Å². The summed E-state index contributed by atoms with van der Waals surface area (Å²) in [5.74, 6) is 1.75. The average molecular weight is 388 g/mol. The van der Waals surface area contributed by atoms with E-state index >= 15 is 0 Å². The second-order valence-corrected chi connectivity index (χ2v) is 6.38. The molecule has 0 spiro atoms. The third-order valence-electron chi connectivity index (χ3n) is 4.04. The summed E-state index contributed by atoms with van der Waals surface area (Å²) in [5.41, 5.74) is 0.984. The van der Waals surface area contributed by atoms with Crippen molar-refractivity contribution in [3.8, 4) is 17.2 Å². The van der Waals surface area contributed by atoms with Gasteiger partial charge in [-0.2, -0.15) is 0 Å². The Labute approximate surface area is 165 Å². The molecule has 8 heteroatoms. The van der Waals surface area contributed by atoms with Crippen LogP contribution in [0.25, 0.3) is 0 Å². The predicted molar refractivity (Wildman–Crippen MR) is 110 cm³/mol. The van der Waals surface area contributed by atoms with E-state index in [9.17, 15) is 4.79 Å². The number of anilines is 2. The van der Waals surface area contributed by atoms with Gasteiger partial charge >= 0.3 is 0 Å². The zero-order valence-electron chi connectivity index (χ0n) is 17.0. The standard InChI is InChI=1S/C20H28N4O4/c1-24(2)10-6-9-21-18-8-7-15(13-22-18)23-20(25)14-11-16(26-3)19(28-5)17(12-14)27-4/h7-8,11-13H,6,9-10H2,1-5H3,(H,21,22)(H,23,25). The van der Waals surface area contributed by atoms with E-state index in [-0.39, 0.29) is 5.91 Å². The zero-order chi connectivity index (χ0) is 20.5. The summed E-state index contributed by atoms with van der Waals surface area (Å²) < 4.78 is 15.9. The molecule has 1 amide bonds. The summed E-state index contributed by atoms with van der Waals surface area (Å²) >= 11 is 0. The van der Waals surface area contributed by atoms with Gasteiger partial charge in [-0.1, -0.05) is 0 Å². The minimum absolute atomic E-state index is 0.298. The highest BCUT2D eigenvalue weighted by atomic mass is 16.5. The van der Waals surface area contributed by atoms with Crippen molar-refractivity contribution in [2.75, 3.05) is 59.1 Å². The maximum absolute atomic E-state index is 12.6. The molecule has 0 radical (unpaired) electrons. The lowest BCUT2D eigenvalue weighted by molar-refractivity contribution is 0.102. The van der Waals surface area contributed by atoms with Crippen molar-refractivity contribution in [1.29, 1.82) is 0 Å². The summed E-state index contributed by atoms with van der Waals surface area (Å²) in [6, 6.07) is 6.84. The third-order valence-corrected chi connectivity index (χ3v) is 4.04. The lowest BCUT2D eigenvalue weighted by atomic mass is 10.1. The molecule has 8 nitrogen and oxygen atoms in total. The summed E-state index contributed by atoms with van der Waals surface area (Å²) in [7, 11) is 8.62. The fourth-order valence-electron chi connectivity index (χ4n) is 2.60. The molecule has 0 bridgehead atoms. The van der Waals surface area contributed by atoms with Crippen LogP contribution in [0.2, 0.25) is 0 Å². The molecule has 0 unspecified atom stereocenters. The number of amides is 1. The first kappa shape index (κ1) is 21.3. The molecule has 0 atom stereocenters. The van der Waals surface area contributed by atoms with Gasteiger partial charge in [0.25, 0.3) is 5.91 Å². The first-order chi connectivity index (χ1) is 13.5. The number of methoxy groups -OCH3 is 3. The van der Waals surface area contributed by atoms with E-state index in [0.717, 1.165) is 25.3 Å². The largest absolute Gasteiger partial charge is 0.493 e. The molecular formula is C20H28N4O4. The lowest BCUT2D eigenvalue weighted by Gasteiger charge is -2.14. The predicted octanol–water partition coefficient (Wildman–Crippen LogP) is 2.72. The van der Waals surface area contributed by atoms with Gasteiger partial charge in [0, 0.05) is 12.1 Å². The molecule has 28 heavy (non-hydrogen) atoms. The molecule has 0 saturated carbocycles. The highest BCUT2D eigenvalue weighted by molar-refractivity contribution is 6.05.